The number of nitrogens with zero attached hydrogens (tertiary/aromatic N) is 1. The van der Waals surface area contributed by atoms with Gasteiger partial charge in [0, 0.05) is 18.5 Å². The van der Waals surface area contributed by atoms with Crippen molar-refractivity contribution in [3.63, 3.8) is 0 Å². The van der Waals surface area contributed by atoms with E-state index in [4.69, 9.17) is 0 Å². The number of carbonyl (C=O) groups is 2. The number of likely N-dealkylation sites (tertiary alicyclic amines) is 1. The number of imide groups is 1. The molecule has 2 saturated heterocycles. The van der Waals surface area contributed by atoms with Crippen molar-refractivity contribution in [3.05, 3.63) is 0 Å². The first kappa shape index (κ1) is 12.6. The van der Waals surface area contributed by atoms with Crippen LogP contribution in [0.5, 0.6) is 0 Å². The molecule has 2 fully saturated rings. The molecule has 4 heteroatoms. The molecule has 2 aliphatic rings. The molecule has 0 aliphatic carbocycles. The van der Waals surface area contributed by atoms with Crippen LogP contribution in [0.2, 0.25) is 0 Å². The number of carbonyl (C=O) groups excluding carboxylic acids is 2. The van der Waals surface area contributed by atoms with Crippen LogP contribution in [-0.4, -0.2) is 34.8 Å². The maximum Gasteiger partial charge on any atom is 0.235 e. The third-order valence-electron chi connectivity index (χ3n) is 4.01. The molecule has 2 amide bonds. The van der Waals surface area contributed by atoms with Gasteiger partial charge in [-0.3, -0.25) is 14.5 Å². The highest BCUT2D eigenvalue weighted by atomic mass is 16.2. The molecule has 96 valence electrons. The Hall–Kier alpha value is -0.900. The van der Waals surface area contributed by atoms with Gasteiger partial charge in [-0.1, -0.05) is 13.8 Å². The van der Waals surface area contributed by atoms with Crippen molar-refractivity contribution in [1.82, 2.24) is 10.2 Å². The third kappa shape index (κ3) is 2.10. The Morgan fingerprint density at radius 3 is 2.35 bits per heavy atom. The summed E-state index contributed by atoms with van der Waals surface area (Å²) in [5, 5.41) is 3.43. The monoisotopic (exact) mass is 238 g/mol. The zero-order valence-corrected chi connectivity index (χ0v) is 11.1. The molecule has 3 unspecified atom stereocenters. The second-order valence-electron chi connectivity index (χ2n) is 6.13. The highest BCUT2D eigenvalue weighted by Crippen LogP contribution is 2.35. The number of piperidine rings is 1. The molecule has 0 spiro atoms. The minimum atomic E-state index is -0.514. The van der Waals surface area contributed by atoms with Crippen molar-refractivity contribution < 1.29 is 9.59 Å². The van der Waals surface area contributed by atoms with Crippen LogP contribution in [-0.2, 0) is 9.59 Å². The molecule has 2 rings (SSSR count). The number of rotatable bonds is 1. The maximum atomic E-state index is 12.2. The van der Waals surface area contributed by atoms with Crippen LogP contribution in [0.25, 0.3) is 0 Å². The van der Waals surface area contributed by atoms with Gasteiger partial charge in [0.1, 0.15) is 0 Å². The molecule has 2 aliphatic heterocycles. The van der Waals surface area contributed by atoms with E-state index in [0.29, 0.717) is 12.5 Å². The van der Waals surface area contributed by atoms with E-state index in [0.717, 1.165) is 12.8 Å². The molecule has 0 radical (unpaired) electrons. The lowest BCUT2D eigenvalue weighted by Crippen LogP contribution is -2.56. The summed E-state index contributed by atoms with van der Waals surface area (Å²) in [6.07, 6.45) is 2.29. The molecule has 0 aromatic rings. The smallest absolute Gasteiger partial charge is 0.235 e. The van der Waals surface area contributed by atoms with Crippen molar-refractivity contribution in [3.8, 4) is 0 Å². The Morgan fingerprint density at radius 2 is 1.88 bits per heavy atom. The molecule has 0 aromatic heterocycles. The summed E-state index contributed by atoms with van der Waals surface area (Å²) in [6.45, 7) is 7.92. The van der Waals surface area contributed by atoms with E-state index in [1.54, 1.807) is 0 Å². The minimum absolute atomic E-state index is 0.00398. The fourth-order valence-electron chi connectivity index (χ4n) is 2.98. The largest absolute Gasteiger partial charge is 0.310 e. The molecule has 0 saturated carbocycles. The summed E-state index contributed by atoms with van der Waals surface area (Å²) in [4.78, 5) is 25.8. The number of hydrogen-bond donors (Lipinski definition) is 1. The van der Waals surface area contributed by atoms with Crippen LogP contribution in [0.3, 0.4) is 0 Å². The Bertz CT molecular complexity index is 351. The number of amides is 2. The van der Waals surface area contributed by atoms with Gasteiger partial charge in [-0.15, -0.1) is 0 Å². The Kier molecular flexibility index (Phi) is 3.02. The van der Waals surface area contributed by atoms with E-state index in [-0.39, 0.29) is 23.9 Å². The Morgan fingerprint density at radius 1 is 1.24 bits per heavy atom. The second kappa shape index (κ2) is 4.09. The molecule has 1 N–H and O–H groups in total. The SMILES string of the molecule is CC1CCC(N2C(=O)CC(C)(C)C2=O)C(C)N1. The zero-order chi connectivity index (χ0) is 12.8. The lowest BCUT2D eigenvalue weighted by molar-refractivity contribution is -0.145. The lowest BCUT2D eigenvalue weighted by Gasteiger charge is -2.39. The first-order chi connectivity index (χ1) is 7.83. The number of nitrogens with one attached hydrogen (secondary N) is 1. The van der Waals surface area contributed by atoms with Crippen molar-refractivity contribution in [2.75, 3.05) is 0 Å². The quantitative estimate of drug-likeness (QED) is 0.701. The van der Waals surface area contributed by atoms with E-state index in [2.05, 4.69) is 19.2 Å². The summed E-state index contributed by atoms with van der Waals surface area (Å²) >= 11 is 0. The predicted octanol–water partition coefficient (Wildman–Crippen LogP) is 1.30. The van der Waals surface area contributed by atoms with Gasteiger partial charge in [0.15, 0.2) is 0 Å². The molecule has 17 heavy (non-hydrogen) atoms. The first-order valence-corrected chi connectivity index (χ1v) is 6.45. The van der Waals surface area contributed by atoms with Gasteiger partial charge in [0.25, 0.3) is 0 Å². The molecular formula is C13H22N2O2. The lowest BCUT2D eigenvalue weighted by atomic mass is 9.91. The Labute approximate surface area is 103 Å². The van der Waals surface area contributed by atoms with E-state index < -0.39 is 5.41 Å². The van der Waals surface area contributed by atoms with E-state index in [1.165, 1.54) is 4.90 Å². The number of hydrogen-bond acceptors (Lipinski definition) is 3. The third-order valence-corrected chi connectivity index (χ3v) is 4.01. The summed E-state index contributed by atoms with van der Waals surface area (Å²) in [5.41, 5.74) is -0.514. The zero-order valence-electron chi connectivity index (χ0n) is 11.1. The topological polar surface area (TPSA) is 49.4 Å². The minimum Gasteiger partial charge on any atom is -0.310 e. The highest BCUT2D eigenvalue weighted by Gasteiger charge is 2.49. The molecule has 3 atom stereocenters. The molecule has 0 bridgehead atoms. The van der Waals surface area contributed by atoms with Gasteiger partial charge in [-0.2, -0.15) is 0 Å². The van der Waals surface area contributed by atoms with Crippen LogP contribution in [0.15, 0.2) is 0 Å². The maximum absolute atomic E-state index is 12.2. The fourth-order valence-corrected chi connectivity index (χ4v) is 2.98. The van der Waals surface area contributed by atoms with E-state index >= 15 is 0 Å². The van der Waals surface area contributed by atoms with Crippen LogP contribution >= 0.6 is 0 Å². The van der Waals surface area contributed by atoms with Gasteiger partial charge in [-0.25, -0.2) is 0 Å². The van der Waals surface area contributed by atoms with Crippen molar-refractivity contribution in [1.29, 1.82) is 0 Å². The highest BCUT2D eigenvalue weighted by molar-refractivity contribution is 6.05. The second-order valence-corrected chi connectivity index (χ2v) is 6.13. The summed E-state index contributed by atoms with van der Waals surface area (Å²) in [5.74, 6) is -0.0103. The summed E-state index contributed by atoms with van der Waals surface area (Å²) in [6, 6.07) is 0.704. The van der Waals surface area contributed by atoms with E-state index in [1.807, 2.05) is 13.8 Å². The van der Waals surface area contributed by atoms with Gasteiger partial charge in [-0.05, 0) is 26.7 Å². The van der Waals surface area contributed by atoms with Crippen molar-refractivity contribution in [2.24, 2.45) is 5.41 Å². The van der Waals surface area contributed by atoms with Crippen LogP contribution in [0, 0.1) is 5.41 Å². The Balaban J connectivity index is 2.18. The molecular weight excluding hydrogens is 216 g/mol. The van der Waals surface area contributed by atoms with E-state index in [9.17, 15) is 9.59 Å². The van der Waals surface area contributed by atoms with Gasteiger partial charge < -0.3 is 5.32 Å². The van der Waals surface area contributed by atoms with Crippen LogP contribution in [0.4, 0.5) is 0 Å². The summed E-state index contributed by atoms with van der Waals surface area (Å²) < 4.78 is 0. The normalized spacial score (nSPS) is 37.6. The van der Waals surface area contributed by atoms with Gasteiger partial charge in [0.05, 0.1) is 11.5 Å². The average molecular weight is 238 g/mol. The average Bonchev–Trinajstić information content (AvgIpc) is 2.39. The summed E-state index contributed by atoms with van der Waals surface area (Å²) in [7, 11) is 0. The van der Waals surface area contributed by atoms with Crippen LogP contribution < -0.4 is 5.32 Å². The van der Waals surface area contributed by atoms with Crippen molar-refractivity contribution >= 4 is 11.8 Å². The molecule has 2 heterocycles. The predicted molar refractivity (Wildman–Crippen MR) is 65.3 cm³/mol. The van der Waals surface area contributed by atoms with Crippen LogP contribution in [0.1, 0.15) is 47.0 Å². The van der Waals surface area contributed by atoms with Crippen molar-refractivity contribution in [2.45, 2.75) is 65.1 Å². The molecule has 0 aromatic carbocycles. The first-order valence-electron chi connectivity index (χ1n) is 6.45. The fraction of sp³-hybridized carbons (Fsp3) is 0.846. The standard InChI is InChI=1S/C13H22N2O2/c1-8-5-6-10(9(2)14-8)15-11(16)7-13(3,4)12(15)17/h8-10,14H,5-7H2,1-4H3. The van der Waals surface area contributed by atoms with Gasteiger partial charge in [0.2, 0.25) is 11.8 Å². The molecule has 4 nitrogen and oxygen atoms in total. The van der Waals surface area contributed by atoms with Gasteiger partial charge >= 0.3 is 0 Å².